The first-order chi connectivity index (χ1) is 11.6. The second-order valence-electron chi connectivity index (χ2n) is 5.75. The first-order valence-electron chi connectivity index (χ1n) is 8.01. The van der Waals surface area contributed by atoms with Gasteiger partial charge in [-0.15, -0.1) is 0 Å². The number of benzene rings is 1. The molecule has 0 bridgehead atoms. The van der Waals surface area contributed by atoms with Crippen LogP contribution >= 0.6 is 0 Å². The SMILES string of the molecule is CCc1cccc2c(C(C)=O)cn(CC(=O)NCc3ccco3)c12. The standard InChI is InChI=1S/C19H20N2O3/c1-3-14-6-4-8-16-17(13(2)22)11-21(19(14)16)12-18(23)20-10-15-7-5-9-24-15/h4-9,11H,3,10,12H2,1-2H3,(H,20,23). The second-order valence-corrected chi connectivity index (χ2v) is 5.75. The fraction of sp³-hybridized carbons (Fsp3) is 0.263. The number of carbonyl (C=O) groups is 2. The van der Waals surface area contributed by atoms with Crippen molar-refractivity contribution >= 4 is 22.6 Å². The average Bonchev–Trinajstić information content (AvgIpc) is 3.21. The molecule has 1 amide bonds. The van der Waals surface area contributed by atoms with Gasteiger partial charge in [-0.05, 0) is 31.0 Å². The summed E-state index contributed by atoms with van der Waals surface area (Å²) in [7, 11) is 0. The Morgan fingerprint density at radius 1 is 1.21 bits per heavy atom. The minimum absolute atomic E-state index is 0.00277. The fourth-order valence-electron chi connectivity index (χ4n) is 2.94. The zero-order valence-corrected chi connectivity index (χ0v) is 13.8. The zero-order valence-electron chi connectivity index (χ0n) is 13.8. The lowest BCUT2D eigenvalue weighted by Gasteiger charge is -2.09. The van der Waals surface area contributed by atoms with E-state index < -0.39 is 0 Å². The van der Waals surface area contributed by atoms with Crippen LogP contribution in [0.5, 0.6) is 0 Å². The molecule has 1 aromatic carbocycles. The van der Waals surface area contributed by atoms with Gasteiger partial charge in [-0.1, -0.05) is 25.1 Å². The summed E-state index contributed by atoms with van der Waals surface area (Å²) >= 11 is 0. The summed E-state index contributed by atoms with van der Waals surface area (Å²) in [4.78, 5) is 24.2. The van der Waals surface area contributed by atoms with E-state index in [0.717, 1.165) is 22.9 Å². The van der Waals surface area contributed by atoms with Gasteiger partial charge < -0.3 is 14.3 Å². The van der Waals surface area contributed by atoms with Crippen molar-refractivity contribution in [1.82, 2.24) is 9.88 Å². The number of aromatic nitrogens is 1. The third-order valence-electron chi connectivity index (χ3n) is 4.10. The molecule has 0 fully saturated rings. The van der Waals surface area contributed by atoms with Gasteiger partial charge in [0.25, 0.3) is 0 Å². The lowest BCUT2D eigenvalue weighted by molar-refractivity contribution is -0.121. The van der Waals surface area contributed by atoms with Crippen LogP contribution in [0.3, 0.4) is 0 Å². The van der Waals surface area contributed by atoms with Crippen molar-refractivity contribution in [2.75, 3.05) is 0 Å². The van der Waals surface area contributed by atoms with Crippen molar-refractivity contribution in [3.8, 4) is 0 Å². The predicted octanol–water partition coefficient (Wildman–Crippen LogP) is 3.32. The van der Waals surface area contributed by atoms with Crippen LogP contribution in [0.2, 0.25) is 0 Å². The minimum Gasteiger partial charge on any atom is -0.467 e. The van der Waals surface area contributed by atoms with Crippen molar-refractivity contribution < 1.29 is 14.0 Å². The lowest BCUT2D eigenvalue weighted by atomic mass is 10.1. The maximum atomic E-state index is 12.3. The van der Waals surface area contributed by atoms with Crippen LogP contribution in [0.15, 0.2) is 47.2 Å². The number of nitrogens with one attached hydrogen (secondary N) is 1. The fourth-order valence-corrected chi connectivity index (χ4v) is 2.94. The average molecular weight is 324 g/mol. The molecule has 0 saturated heterocycles. The Kier molecular flexibility index (Phi) is 4.51. The largest absolute Gasteiger partial charge is 0.467 e. The van der Waals surface area contributed by atoms with Gasteiger partial charge in [-0.2, -0.15) is 0 Å². The Balaban J connectivity index is 1.88. The monoisotopic (exact) mass is 324 g/mol. The normalized spacial score (nSPS) is 10.9. The predicted molar refractivity (Wildman–Crippen MR) is 91.9 cm³/mol. The number of para-hydroxylation sites is 1. The van der Waals surface area contributed by atoms with Crippen LogP contribution in [0.1, 0.15) is 35.5 Å². The quantitative estimate of drug-likeness (QED) is 0.708. The van der Waals surface area contributed by atoms with E-state index in [2.05, 4.69) is 12.2 Å². The van der Waals surface area contributed by atoms with E-state index in [-0.39, 0.29) is 18.2 Å². The Labute approximate surface area is 140 Å². The number of hydrogen-bond donors (Lipinski definition) is 1. The van der Waals surface area contributed by atoms with Crippen molar-refractivity contribution in [1.29, 1.82) is 0 Å². The number of nitrogens with zero attached hydrogens (tertiary/aromatic N) is 1. The van der Waals surface area contributed by atoms with Crippen LogP contribution in [0.25, 0.3) is 10.9 Å². The molecule has 0 unspecified atom stereocenters. The molecule has 0 saturated carbocycles. The Bertz CT molecular complexity index is 876. The first-order valence-corrected chi connectivity index (χ1v) is 8.01. The summed E-state index contributed by atoms with van der Waals surface area (Å²) < 4.78 is 7.07. The van der Waals surface area contributed by atoms with Crippen molar-refractivity contribution in [3.05, 3.63) is 59.7 Å². The van der Waals surface area contributed by atoms with Crippen LogP contribution in [-0.4, -0.2) is 16.3 Å². The molecule has 0 spiro atoms. The van der Waals surface area contributed by atoms with Crippen LogP contribution < -0.4 is 5.32 Å². The van der Waals surface area contributed by atoms with E-state index in [0.29, 0.717) is 17.9 Å². The molecule has 0 aliphatic rings. The smallest absolute Gasteiger partial charge is 0.240 e. The number of fused-ring (bicyclic) bond motifs is 1. The van der Waals surface area contributed by atoms with Crippen molar-refractivity contribution in [2.24, 2.45) is 0 Å². The van der Waals surface area contributed by atoms with E-state index in [1.54, 1.807) is 25.5 Å². The maximum Gasteiger partial charge on any atom is 0.240 e. The van der Waals surface area contributed by atoms with Crippen LogP contribution in [0, 0.1) is 0 Å². The van der Waals surface area contributed by atoms with Gasteiger partial charge in [-0.25, -0.2) is 0 Å². The molecule has 0 radical (unpaired) electrons. The lowest BCUT2D eigenvalue weighted by Crippen LogP contribution is -2.26. The molecule has 3 rings (SSSR count). The van der Waals surface area contributed by atoms with Crippen molar-refractivity contribution in [3.63, 3.8) is 0 Å². The third kappa shape index (κ3) is 3.11. The maximum absolute atomic E-state index is 12.3. The highest BCUT2D eigenvalue weighted by atomic mass is 16.3. The summed E-state index contributed by atoms with van der Waals surface area (Å²) in [5.74, 6) is 0.590. The number of Topliss-reactive ketones (excluding diaryl/α,β-unsaturated/α-hetero) is 1. The molecule has 2 heterocycles. The second kappa shape index (κ2) is 6.74. The highest BCUT2D eigenvalue weighted by molar-refractivity contribution is 6.07. The molecule has 5 heteroatoms. The number of ketones is 1. The molecule has 5 nitrogen and oxygen atoms in total. The number of rotatable bonds is 6. The van der Waals surface area contributed by atoms with Crippen LogP contribution in [-0.2, 0) is 24.3 Å². The molecule has 24 heavy (non-hydrogen) atoms. The highest BCUT2D eigenvalue weighted by Crippen LogP contribution is 2.25. The molecular formula is C19H20N2O3. The molecule has 1 N–H and O–H groups in total. The summed E-state index contributed by atoms with van der Waals surface area (Å²) in [6.07, 6.45) is 4.19. The summed E-state index contributed by atoms with van der Waals surface area (Å²) in [6.45, 7) is 4.14. The Morgan fingerprint density at radius 3 is 2.71 bits per heavy atom. The van der Waals surface area contributed by atoms with E-state index in [4.69, 9.17) is 4.42 Å². The highest BCUT2D eigenvalue weighted by Gasteiger charge is 2.16. The summed E-state index contributed by atoms with van der Waals surface area (Å²) in [5.41, 5.74) is 2.73. The number of aryl methyl sites for hydroxylation is 1. The molecule has 2 aromatic heterocycles. The third-order valence-corrected chi connectivity index (χ3v) is 4.10. The molecule has 3 aromatic rings. The topological polar surface area (TPSA) is 64.2 Å². The Hall–Kier alpha value is -2.82. The first kappa shape index (κ1) is 16.1. The van der Waals surface area contributed by atoms with Gasteiger partial charge >= 0.3 is 0 Å². The van der Waals surface area contributed by atoms with Gasteiger partial charge in [0.1, 0.15) is 12.3 Å². The zero-order chi connectivity index (χ0) is 17.1. The number of hydrogen-bond acceptors (Lipinski definition) is 3. The van der Waals surface area contributed by atoms with E-state index in [1.807, 2.05) is 28.8 Å². The molecule has 0 aliphatic carbocycles. The number of amides is 1. The molecule has 0 aliphatic heterocycles. The molecule has 0 atom stereocenters. The van der Waals surface area contributed by atoms with E-state index >= 15 is 0 Å². The molecule has 124 valence electrons. The number of carbonyl (C=O) groups excluding carboxylic acids is 2. The van der Waals surface area contributed by atoms with Gasteiger partial charge in [0.05, 0.1) is 18.3 Å². The van der Waals surface area contributed by atoms with Crippen molar-refractivity contribution in [2.45, 2.75) is 33.4 Å². The molecular weight excluding hydrogens is 304 g/mol. The van der Waals surface area contributed by atoms with Gasteiger partial charge in [0.2, 0.25) is 5.91 Å². The number of furan rings is 1. The van der Waals surface area contributed by atoms with Gasteiger partial charge in [0.15, 0.2) is 5.78 Å². The van der Waals surface area contributed by atoms with E-state index in [9.17, 15) is 9.59 Å². The van der Waals surface area contributed by atoms with Gasteiger partial charge in [0, 0.05) is 17.1 Å². The van der Waals surface area contributed by atoms with Crippen LogP contribution in [0.4, 0.5) is 0 Å². The Morgan fingerprint density at radius 2 is 2.04 bits per heavy atom. The summed E-state index contributed by atoms with van der Waals surface area (Å²) in [6, 6.07) is 9.52. The minimum atomic E-state index is -0.121. The van der Waals surface area contributed by atoms with Gasteiger partial charge in [-0.3, -0.25) is 9.59 Å². The summed E-state index contributed by atoms with van der Waals surface area (Å²) in [5, 5.41) is 3.74. The van der Waals surface area contributed by atoms with E-state index in [1.165, 1.54) is 0 Å².